The summed E-state index contributed by atoms with van der Waals surface area (Å²) in [6, 6.07) is 0. The molecule has 23 valence electrons. The van der Waals surface area contributed by atoms with Gasteiger partial charge in [0.2, 0.25) is 0 Å². The number of halogens is 1. The number of hydrogen-bond donors (Lipinski definition) is 0. The van der Waals surface area contributed by atoms with Gasteiger partial charge >= 0.3 is 0 Å². The van der Waals surface area contributed by atoms with Crippen LogP contribution >= 0.6 is 12.4 Å². The first-order valence-electron chi connectivity index (χ1n) is 0. The normalized spacial score (nSPS) is 0. The summed E-state index contributed by atoms with van der Waals surface area (Å²) in [6.45, 7) is 0. The molecule has 0 aliphatic carbocycles. The van der Waals surface area contributed by atoms with Gasteiger partial charge in [0.05, 0.1) is 0 Å². The van der Waals surface area contributed by atoms with Crippen molar-refractivity contribution in [1.82, 2.24) is 18.5 Å². The van der Waals surface area contributed by atoms with Gasteiger partial charge in [0.25, 0.3) is 0 Å². The van der Waals surface area contributed by atoms with E-state index in [-0.39, 0.29) is 30.9 Å². The molecule has 0 bridgehead atoms. The molecule has 0 spiro atoms. The van der Waals surface area contributed by atoms with Gasteiger partial charge < -0.3 is 0 Å². The van der Waals surface area contributed by atoms with Gasteiger partial charge in [-0.3, -0.25) is 0 Å². The molecule has 0 aromatic heterocycles. The van der Waals surface area contributed by atoms with Crippen LogP contribution in [0.15, 0.2) is 0 Å². The Balaban J connectivity index is 0. The summed E-state index contributed by atoms with van der Waals surface area (Å²) in [5.74, 6) is 0. The van der Waals surface area contributed by atoms with Gasteiger partial charge in [-0.2, -0.15) is 0 Å². The smallest absolute Gasteiger partial charge is 0 e. The average Bonchev–Trinajstić information content (AvgIpc) is 0. The lowest BCUT2D eigenvalue weighted by atomic mass is 14.0. The van der Waals surface area contributed by atoms with Crippen LogP contribution in [0.1, 0.15) is 0 Å². The number of nitrogens with zero attached hydrogens (tertiary/aromatic N) is 3. The van der Waals surface area contributed by atoms with Crippen LogP contribution in [-0.4, -0.2) is 0 Å². The highest BCUT2D eigenvalue weighted by molar-refractivity contribution is 5.85. The first-order chi connectivity index (χ1) is 0. The van der Waals surface area contributed by atoms with Crippen molar-refractivity contribution < 1.29 is 0 Å². The predicted octanol–water partition coefficient (Wildman–Crippen LogP) is -1.02. The van der Waals surface area contributed by atoms with Gasteiger partial charge in [0, 0.05) is 18.5 Å². The van der Waals surface area contributed by atoms with Crippen molar-refractivity contribution in [3.05, 3.63) is 0 Å². The monoisotopic (exact) mass is 78.0 g/mol. The highest BCUT2D eigenvalue weighted by atomic mass is 35.5. The van der Waals surface area contributed by atoms with E-state index < -0.39 is 0 Å². The topological polar surface area (TPSA) is 91.5 Å². The van der Waals surface area contributed by atoms with Crippen LogP contribution in [0.4, 0.5) is 0 Å². The molecule has 4 heavy (non-hydrogen) atoms. The Kier molecular flexibility index (Phi) is 187000. The SMILES string of the molecule is Cl.[N].[N].[N]. The van der Waals surface area contributed by atoms with E-state index in [9.17, 15) is 0 Å². The summed E-state index contributed by atoms with van der Waals surface area (Å²) >= 11 is 0. The van der Waals surface area contributed by atoms with E-state index >= 15 is 0 Å². The van der Waals surface area contributed by atoms with Gasteiger partial charge in [0.1, 0.15) is 0 Å². The lowest BCUT2D eigenvalue weighted by molar-refractivity contribution is 2.13. The first-order valence-corrected chi connectivity index (χ1v) is 0. The fraction of sp³-hybridized carbons (Fsp3) is 0. The number of hydrogen-bond acceptors (Lipinski definition) is 0. The third-order valence-corrected chi connectivity index (χ3v) is 0. The molecule has 0 heterocycles. The third-order valence-electron chi connectivity index (χ3n) is 0. The van der Waals surface area contributed by atoms with Crippen molar-refractivity contribution in [1.29, 1.82) is 0 Å². The van der Waals surface area contributed by atoms with E-state index in [1.54, 1.807) is 0 Å². The van der Waals surface area contributed by atoms with Crippen molar-refractivity contribution in [3.63, 3.8) is 0 Å². The molecule has 0 atom stereocenters. The maximum atomic E-state index is 0. The Morgan fingerprint density at radius 2 is 0.500 bits per heavy atom. The van der Waals surface area contributed by atoms with E-state index in [1.807, 2.05) is 0 Å². The zero-order valence-corrected chi connectivity index (χ0v) is 2.57. The van der Waals surface area contributed by atoms with Crippen LogP contribution in [0.2, 0.25) is 0 Å². The van der Waals surface area contributed by atoms with E-state index in [2.05, 4.69) is 0 Å². The molecule has 0 rings (SSSR count). The first kappa shape index (κ1) is 1450. The molecule has 0 aliphatic rings. The Morgan fingerprint density at radius 1 is 0.500 bits per heavy atom. The second-order valence-corrected chi connectivity index (χ2v) is 0. The summed E-state index contributed by atoms with van der Waals surface area (Å²) in [6.07, 6.45) is 0. The lowest BCUT2D eigenvalue weighted by Gasteiger charge is -0.147. The molecule has 3 nitrogen and oxygen atoms in total. The van der Waals surface area contributed by atoms with Crippen molar-refractivity contribution >= 4 is 12.4 Å². The van der Waals surface area contributed by atoms with Gasteiger partial charge in [-0.15, -0.1) is 12.4 Å². The summed E-state index contributed by atoms with van der Waals surface area (Å²) in [4.78, 5) is 0. The Labute approximate surface area is 31.9 Å². The zero-order valence-electron chi connectivity index (χ0n) is 1.75. The van der Waals surface area contributed by atoms with Gasteiger partial charge in [-0.25, -0.2) is 0 Å². The highest BCUT2D eigenvalue weighted by Gasteiger charge is 0.00202. The maximum absolute atomic E-state index is 0. The average molecular weight is 78.5 g/mol. The summed E-state index contributed by atoms with van der Waals surface area (Å²) in [7, 11) is 0. The summed E-state index contributed by atoms with van der Waals surface area (Å²) in [5.41, 5.74) is 0. The molecule has 0 aliphatic heterocycles. The van der Waals surface area contributed by atoms with E-state index in [0.717, 1.165) is 0 Å². The fourth-order valence-electron chi connectivity index (χ4n) is 0. The Hall–Kier alpha value is 0.170. The second-order valence-electron chi connectivity index (χ2n) is 0. The van der Waals surface area contributed by atoms with E-state index in [4.69, 9.17) is 0 Å². The Morgan fingerprint density at radius 3 is 0.500 bits per heavy atom. The van der Waals surface area contributed by atoms with Crippen molar-refractivity contribution in [2.45, 2.75) is 0 Å². The minimum absolute atomic E-state index is 0. The molecule has 0 saturated carbocycles. The largest absolute Gasteiger partial charge is 0.147 e. The maximum Gasteiger partial charge on any atom is 0 e. The molecule has 0 fully saturated rings. The molecular formula is HClN3. The minimum atomic E-state index is 0. The van der Waals surface area contributed by atoms with Crippen LogP contribution in [0.5, 0.6) is 0 Å². The lowest BCUT2D eigenvalue weighted by Crippen LogP contribution is -0.482. The number of rotatable bonds is 0. The molecule has 4 heteroatoms. The summed E-state index contributed by atoms with van der Waals surface area (Å²) < 4.78 is 0. The molecule has 0 amide bonds. The predicted molar refractivity (Wildman–Crippen MR) is 13.7 cm³/mol. The van der Waals surface area contributed by atoms with Gasteiger partial charge in [0.15, 0.2) is 0 Å². The minimum Gasteiger partial charge on any atom is -0.147 e. The molecule has 0 unspecified atom stereocenters. The van der Waals surface area contributed by atoms with E-state index in [1.165, 1.54) is 0 Å². The van der Waals surface area contributed by atoms with Crippen LogP contribution < -0.4 is 18.5 Å². The van der Waals surface area contributed by atoms with E-state index in [0.29, 0.717) is 0 Å². The molecule has 0 saturated heterocycles. The fourth-order valence-corrected chi connectivity index (χ4v) is 0. The van der Waals surface area contributed by atoms with Gasteiger partial charge in [-0.1, -0.05) is 0 Å². The Bertz CT molecular complexity index is 3.25. The second kappa shape index (κ2) is 517. The van der Waals surface area contributed by atoms with Crippen molar-refractivity contribution in [3.8, 4) is 0 Å². The van der Waals surface area contributed by atoms with Crippen molar-refractivity contribution in [2.75, 3.05) is 0 Å². The molecule has 0 N–H and O–H groups in total. The molecule has 0 aromatic rings. The van der Waals surface area contributed by atoms with Crippen LogP contribution in [0, 0.1) is 0 Å². The third kappa shape index (κ3) is 103. The van der Waals surface area contributed by atoms with Gasteiger partial charge in [-0.05, 0) is 0 Å². The zero-order chi connectivity index (χ0) is 0. The molecule has 9 radical (unpaired) electrons. The molecule has 0 aromatic carbocycles. The quantitative estimate of drug-likeness (QED) is 0.355. The van der Waals surface area contributed by atoms with Crippen LogP contribution in [-0.2, 0) is 0 Å². The highest BCUT2D eigenvalue weighted by Crippen LogP contribution is 0.690. The van der Waals surface area contributed by atoms with Crippen molar-refractivity contribution in [2.24, 2.45) is 0 Å². The summed E-state index contributed by atoms with van der Waals surface area (Å²) in [5, 5.41) is 0. The molecular weight excluding hydrogens is 77.5 g/mol. The van der Waals surface area contributed by atoms with Crippen LogP contribution in [0.3, 0.4) is 0 Å². The standard InChI is InChI=1S/ClH.3N/h1H;;;. The van der Waals surface area contributed by atoms with Crippen LogP contribution in [0.25, 0.3) is 0 Å².